The molecule has 0 unspecified atom stereocenters. The zero-order valence-electron chi connectivity index (χ0n) is 11.1. The van der Waals surface area contributed by atoms with E-state index in [4.69, 9.17) is 5.26 Å². The van der Waals surface area contributed by atoms with Gasteiger partial charge in [-0.15, -0.1) is 0 Å². The molecule has 0 heterocycles. The third-order valence-corrected chi connectivity index (χ3v) is 2.66. The molecule has 0 bridgehead atoms. The molecule has 4 heteroatoms. The van der Waals surface area contributed by atoms with Gasteiger partial charge in [0.1, 0.15) is 0 Å². The minimum atomic E-state index is -0.311. The first-order chi connectivity index (χ1) is 7.32. The van der Waals surface area contributed by atoms with Crippen LogP contribution in [0.1, 0.15) is 27.2 Å². The van der Waals surface area contributed by atoms with Crippen molar-refractivity contribution in [3.8, 4) is 6.07 Å². The van der Waals surface area contributed by atoms with E-state index in [1.807, 2.05) is 20.8 Å². The number of likely N-dealkylation sites (N-methyl/N-ethyl adjacent to an activating group) is 2. The van der Waals surface area contributed by atoms with Gasteiger partial charge in [-0.25, -0.2) is 0 Å². The fourth-order valence-electron chi connectivity index (χ4n) is 1.18. The molecule has 0 spiro atoms. The smallest absolute Gasteiger partial charge is 0.236 e. The zero-order chi connectivity index (χ0) is 12.8. The standard InChI is InChI=1S/C12H23N3O/c1-6-15(9-11(16)14(4)5)8-7-12(2,3)10-13/h6-9H2,1-5H3. The lowest BCUT2D eigenvalue weighted by atomic mass is 9.91. The molecule has 16 heavy (non-hydrogen) atoms. The van der Waals surface area contributed by atoms with Crippen molar-refractivity contribution >= 4 is 5.91 Å². The van der Waals surface area contributed by atoms with Gasteiger partial charge in [0.25, 0.3) is 0 Å². The van der Waals surface area contributed by atoms with Crippen LogP contribution in [0.15, 0.2) is 0 Å². The predicted molar refractivity (Wildman–Crippen MR) is 64.8 cm³/mol. The maximum absolute atomic E-state index is 11.5. The second-order valence-electron chi connectivity index (χ2n) is 4.90. The summed E-state index contributed by atoms with van der Waals surface area (Å²) >= 11 is 0. The molecule has 0 aliphatic heterocycles. The Morgan fingerprint density at radius 3 is 2.31 bits per heavy atom. The Morgan fingerprint density at radius 2 is 1.94 bits per heavy atom. The fraction of sp³-hybridized carbons (Fsp3) is 0.833. The highest BCUT2D eigenvalue weighted by Crippen LogP contribution is 2.18. The van der Waals surface area contributed by atoms with E-state index in [1.165, 1.54) is 0 Å². The van der Waals surface area contributed by atoms with Gasteiger partial charge in [0, 0.05) is 20.6 Å². The van der Waals surface area contributed by atoms with E-state index < -0.39 is 0 Å². The summed E-state index contributed by atoms with van der Waals surface area (Å²) in [5.41, 5.74) is -0.311. The van der Waals surface area contributed by atoms with Gasteiger partial charge in [0.05, 0.1) is 18.0 Å². The molecule has 1 amide bonds. The van der Waals surface area contributed by atoms with Crippen molar-refractivity contribution in [2.75, 3.05) is 33.7 Å². The Kier molecular flexibility index (Phi) is 6.05. The van der Waals surface area contributed by atoms with E-state index in [9.17, 15) is 4.79 Å². The zero-order valence-corrected chi connectivity index (χ0v) is 11.1. The number of amides is 1. The normalized spacial score (nSPS) is 11.3. The van der Waals surface area contributed by atoms with Crippen LogP contribution in [0.3, 0.4) is 0 Å². The number of nitrogens with zero attached hydrogens (tertiary/aromatic N) is 3. The number of carbonyl (C=O) groups is 1. The van der Waals surface area contributed by atoms with Crippen LogP contribution in [-0.4, -0.2) is 49.4 Å². The van der Waals surface area contributed by atoms with Gasteiger partial charge in [-0.1, -0.05) is 6.92 Å². The molecule has 0 fully saturated rings. The third-order valence-electron chi connectivity index (χ3n) is 2.66. The Labute approximate surface area is 98.8 Å². The lowest BCUT2D eigenvalue weighted by molar-refractivity contribution is -0.129. The van der Waals surface area contributed by atoms with Gasteiger partial charge in [-0.2, -0.15) is 5.26 Å². The molecule has 0 radical (unpaired) electrons. The van der Waals surface area contributed by atoms with E-state index in [-0.39, 0.29) is 11.3 Å². The van der Waals surface area contributed by atoms with E-state index >= 15 is 0 Å². The van der Waals surface area contributed by atoms with Gasteiger partial charge in [-0.3, -0.25) is 9.69 Å². The number of rotatable bonds is 6. The number of carbonyl (C=O) groups excluding carboxylic acids is 1. The van der Waals surface area contributed by atoms with E-state index in [0.717, 1.165) is 19.5 Å². The van der Waals surface area contributed by atoms with Crippen LogP contribution in [0.2, 0.25) is 0 Å². The Balaban J connectivity index is 4.13. The van der Waals surface area contributed by atoms with Crippen molar-refractivity contribution in [2.24, 2.45) is 5.41 Å². The monoisotopic (exact) mass is 225 g/mol. The highest BCUT2D eigenvalue weighted by atomic mass is 16.2. The van der Waals surface area contributed by atoms with Gasteiger partial charge in [0.2, 0.25) is 5.91 Å². The largest absolute Gasteiger partial charge is 0.348 e. The molecule has 92 valence electrons. The highest BCUT2D eigenvalue weighted by Gasteiger charge is 2.19. The average Bonchev–Trinajstić information content (AvgIpc) is 2.23. The first kappa shape index (κ1) is 14.9. The van der Waals surface area contributed by atoms with Crippen LogP contribution >= 0.6 is 0 Å². The molecular weight excluding hydrogens is 202 g/mol. The lowest BCUT2D eigenvalue weighted by Crippen LogP contribution is -2.38. The maximum atomic E-state index is 11.5. The van der Waals surface area contributed by atoms with Crippen LogP contribution in [0.5, 0.6) is 0 Å². The minimum Gasteiger partial charge on any atom is -0.348 e. The van der Waals surface area contributed by atoms with Gasteiger partial charge < -0.3 is 4.90 Å². The molecule has 0 aliphatic carbocycles. The number of hydrogen-bond acceptors (Lipinski definition) is 3. The molecule has 0 aromatic carbocycles. The van der Waals surface area contributed by atoms with Crippen molar-refractivity contribution in [3.63, 3.8) is 0 Å². The lowest BCUT2D eigenvalue weighted by Gasteiger charge is -2.24. The van der Waals surface area contributed by atoms with Gasteiger partial charge in [0.15, 0.2) is 0 Å². The second kappa shape index (κ2) is 6.49. The molecule has 0 aliphatic rings. The summed E-state index contributed by atoms with van der Waals surface area (Å²) in [6.07, 6.45) is 0.790. The molecule has 0 aromatic rings. The van der Waals surface area contributed by atoms with Crippen LogP contribution in [0.25, 0.3) is 0 Å². The summed E-state index contributed by atoms with van der Waals surface area (Å²) in [5.74, 6) is 0.108. The molecule has 0 saturated heterocycles. The van der Waals surface area contributed by atoms with Crippen LogP contribution in [0, 0.1) is 16.7 Å². The number of hydrogen-bond donors (Lipinski definition) is 0. The topological polar surface area (TPSA) is 47.3 Å². The van der Waals surface area contributed by atoms with Gasteiger partial charge >= 0.3 is 0 Å². The Bertz CT molecular complexity index is 266. The SMILES string of the molecule is CCN(CCC(C)(C)C#N)CC(=O)N(C)C. The van der Waals surface area contributed by atoms with Crippen molar-refractivity contribution < 1.29 is 4.79 Å². The van der Waals surface area contributed by atoms with Gasteiger partial charge in [-0.05, 0) is 26.8 Å². The van der Waals surface area contributed by atoms with E-state index in [2.05, 4.69) is 11.0 Å². The van der Waals surface area contributed by atoms with E-state index in [1.54, 1.807) is 19.0 Å². The van der Waals surface area contributed by atoms with Crippen molar-refractivity contribution in [2.45, 2.75) is 27.2 Å². The second-order valence-corrected chi connectivity index (χ2v) is 4.90. The molecule has 0 N–H and O–H groups in total. The summed E-state index contributed by atoms with van der Waals surface area (Å²) in [6.45, 7) is 7.94. The summed E-state index contributed by atoms with van der Waals surface area (Å²) < 4.78 is 0. The first-order valence-electron chi connectivity index (χ1n) is 5.66. The molecule has 0 atom stereocenters. The Hall–Kier alpha value is -1.08. The highest BCUT2D eigenvalue weighted by molar-refractivity contribution is 5.77. The summed E-state index contributed by atoms with van der Waals surface area (Å²) in [6, 6.07) is 2.27. The quantitative estimate of drug-likeness (QED) is 0.685. The summed E-state index contributed by atoms with van der Waals surface area (Å²) in [7, 11) is 3.52. The summed E-state index contributed by atoms with van der Waals surface area (Å²) in [4.78, 5) is 15.2. The molecule has 0 rings (SSSR count). The van der Waals surface area contributed by atoms with Crippen LogP contribution < -0.4 is 0 Å². The van der Waals surface area contributed by atoms with Crippen molar-refractivity contribution in [1.29, 1.82) is 5.26 Å². The van der Waals surface area contributed by atoms with E-state index in [0.29, 0.717) is 6.54 Å². The third kappa shape index (κ3) is 5.72. The average molecular weight is 225 g/mol. The molecule has 0 saturated carbocycles. The molecule has 4 nitrogen and oxygen atoms in total. The van der Waals surface area contributed by atoms with Crippen LogP contribution in [0.4, 0.5) is 0 Å². The maximum Gasteiger partial charge on any atom is 0.236 e. The fourth-order valence-corrected chi connectivity index (χ4v) is 1.18. The van der Waals surface area contributed by atoms with Crippen molar-refractivity contribution in [3.05, 3.63) is 0 Å². The first-order valence-corrected chi connectivity index (χ1v) is 5.66. The summed E-state index contributed by atoms with van der Waals surface area (Å²) in [5, 5.41) is 8.91. The molecule has 0 aromatic heterocycles. The minimum absolute atomic E-state index is 0.108. The number of nitriles is 1. The predicted octanol–water partition coefficient (Wildman–Crippen LogP) is 1.34. The Morgan fingerprint density at radius 1 is 1.38 bits per heavy atom. The van der Waals surface area contributed by atoms with Crippen molar-refractivity contribution in [1.82, 2.24) is 9.80 Å². The van der Waals surface area contributed by atoms with Crippen LogP contribution in [-0.2, 0) is 4.79 Å². The molecular formula is C12H23N3O.